The molecule has 0 atom stereocenters. The first-order chi connectivity index (χ1) is 14.5. The number of rotatable bonds is 9. The summed E-state index contributed by atoms with van der Waals surface area (Å²) in [7, 11) is 2.17. The normalized spacial score (nSPS) is 14.7. The third-order valence-corrected chi connectivity index (χ3v) is 5.44. The molecule has 0 aliphatic heterocycles. The minimum absolute atomic E-state index is 0.0529. The summed E-state index contributed by atoms with van der Waals surface area (Å²) in [5, 5.41) is 5.97. The molecule has 0 bridgehead atoms. The highest BCUT2D eigenvalue weighted by Crippen LogP contribution is 2.25. The minimum atomic E-state index is -2.87. The van der Waals surface area contributed by atoms with Crippen LogP contribution in [0.1, 0.15) is 37.7 Å². The Kier molecular flexibility index (Phi) is 8.02. The lowest BCUT2D eigenvalue weighted by molar-refractivity contribution is -0.114. The lowest BCUT2D eigenvalue weighted by Gasteiger charge is -2.31. The molecule has 2 N–H and O–H groups in total. The van der Waals surface area contributed by atoms with Crippen LogP contribution in [0, 0.1) is 0 Å². The number of para-hydroxylation sites is 1. The van der Waals surface area contributed by atoms with E-state index >= 15 is 0 Å². The second kappa shape index (κ2) is 10.9. The SMILES string of the molecule is CN(Cc1ccccc1NCC(=O)Nc1ccc(OC(F)F)cc1)C1CCCCC1. The quantitative estimate of drug-likeness (QED) is 0.596. The molecular formula is C23H29F2N3O2. The third kappa shape index (κ3) is 6.69. The second-order valence-corrected chi connectivity index (χ2v) is 7.67. The van der Waals surface area contributed by atoms with Crippen LogP contribution in [0.4, 0.5) is 20.2 Å². The molecule has 0 radical (unpaired) electrons. The fraction of sp³-hybridized carbons (Fsp3) is 0.435. The van der Waals surface area contributed by atoms with Gasteiger partial charge in [0.05, 0.1) is 6.54 Å². The van der Waals surface area contributed by atoms with Crippen LogP contribution in [-0.2, 0) is 11.3 Å². The van der Waals surface area contributed by atoms with Crippen LogP contribution in [0.15, 0.2) is 48.5 Å². The number of amides is 1. The Morgan fingerprint density at radius 3 is 2.50 bits per heavy atom. The number of nitrogens with zero attached hydrogens (tertiary/aromatic N) is 1. The number of carbonyl (C=O) groups excluding carboxylic acids is 1. The van der Waals surface area contributed by atoms with Crippen LogP contribution in [0.25, 0.3) is 0 Å². The largest absolute Gasteiger partial charge is 0.435 e. The lowest BCUT2D eigenvalue weighted by Crippen LogP contribution is -2.33. The molecule has 2 aromatic rings. The van der Waals surface area contributed by atoms with E-state index in [1.54, 1.807) is 0 Å². The fourth-order valence-corrected chi connectivity index (χ4v) is 3.85. The molecule has 1 amide bonds. The van der Waals surface area contributed by atoms with Gasteiger partial charge in [-0.2, -0.15) is 8.78 Å². The van der Waals surface area contributed by atoms with Crippen LogP contribution in [0.2, 0.25) is 0 Å². The zero-order chi connectivity index (χ0) is 21.3. The Labute approximate surface area is 176 Å². The summed E-state index contributed by atoms with van der Waals surface area (Å²) in [6.07, 6.45) is 6.42. The smallest absolute Gasteiger partial charge is 0.387 e. The highest BCUT2D eigenvalue weighted by molar-refractivity contribution is 5.93. The number of benzene rings is 2. The van der Waals surface area contributed by atoms with Gasteiger partial charge < -0.3 is 15.4 Å². The van der Waals surface area contributed by atoms with E-state index in [9.17, 15) is 13.6 Å². The van der Waals surface area contributed by atoms with E-state index in [4.69, 9.17) is 0 Å². The van der Waals surface area contributed by atoms with Gasteiger partial charge in [-0.3, -0.25) is 9.69 Å². The number of anilines is 2. The van der Waals surface area contributed by atoms with Crippen molar-refractivity contribution in [1.29, 1.82) is 0 Å². The molecule has 1 fully saturated rings. The maximum Gasteiger partial charge on any atom is 0.387 e. The summed E-state index contributed by atoms with van der Waals surface area (Å²) in [5.74, 6) is -0.162. The van der Waals surface area contributed by atoms with Gasteiger partial charge in [0.25, 0.3) is 0 Å². The van der Waals surface area contributed by atoms with Gasteiger partial charge in [0, 0.05) is 24.0 Å². The van der Waals surface area contributed by atoms with Gasteiger partial charge >= 0.3 is 6.61 Å². The average Bonchev–Trinajstić information content (AvgIpc) is 2.75. The zero-order valence-corrected chi connectivity index (χ0v) is 17.2. The van der Waals surface area contributed by atoms with Crippen molar-refractivity contribution in [3.63, 3.8) is 0 Å². The maximum atomic E-state index is 12.3. The van der Waals surface area contributed by atoms with Crippen molar-refractivity contribution < 1.29 is 18.3 Å². The van der Waals surface area contributed by atoms with Crippen LogP contribution >= 0.6 is 0 Å². The zero-order valence-electron chi connectivity index (χ0n) is 17.2. The first-order valence-electron chi connectivity index (χ1n) is 10.4. The molecule has 1 aliphatic rings. The lowest BCUT2D eigenvalue weighted by atomic mass is 9.94. The minimum Gasteiger partial charge on any atom is -0.435 e. The standard InChI is InChI=1S/C23H29F2N3O2/c1-28(19-8-3-2-4-9-19)16-17-7-5-6-10-21(17)26-15-22(29)27-18-11-13-20(14-12-18)30-23(24)25/h5-7,10-14,19,23,26H,2-4,8-9,15-16H2,1H3,(H,27,29). The molecule has 0 heterocycles. The summed E-state index contributed by atoms with van der Waals surface area (Å²) < 4.78 is 28.7. The summed E-state index contributed by atoms with van der Waals surface area (Å²) in [4.78, 5) is 14.7. The Balaban J connectivity index is 1.52. The monoisotopic (exact) mass is 417 g/mol. The molecule has 7 heteroatoms. The topological polar surface area (TPSA) is 53.6 Å². The molecule has 0 aromatic heterocycles. The molecule has 0 unspecified atom stereocenters. The summed E-state index contributed by atoms with van der Waals surface area (Å²) in [6, 6.07) is 14.5. The number of hydrogen-bond acceptors (Lipinski definition) is 4. The van der Waals surface area contributed by atoms with E-state index in [-0.39, 0.29) is 18.2 Å². The molecule has 162 valence electrons. The molecule has 0 saturated heterocycles. The molecule has 0 spiro atoms. The van der Waals surface area contributed by atoms with Gasteiger partial charge in [-0.1, -0.05) is 37.5 Å². The van der Waals surface area contributed by atoms with Crippen molar-refractivity contribution in [2.24, 2.45) is 0 Å². The van der Waals surface area contributed by atoms with Crippen molar-refractivity contribution in [3.8, 4) is 5.75 Å². The first kappa shape index (κ1) is 22.0. The Hall–Kier alpha value is -2.67. The molecule has 2 aromatic carbocycles. The molecule has 5 nitrogen and oxygen atoms in total. The molecule has 3 rings (SSSR count). The summed E-state index contributed by atoms with van der Waals surface area (Å²) in [6.45, 7) is -1.92. The van der Waals surface area contributed by atoms with Gasteiger partial charge in [0.2, 0.25) is 5.91 Å². The number of carbonyl (C=O) groups is 1. The fourth-order valence-electron chi connectivity index (χ4n) is 3.85. The van der Waals surface area contributed by atoms with Gasteiger partial charge in [0.15, 0.2) is 0 Å². The predicted molar refractivity (Wildman–Crippen MR) is 115 cm³/mol. The van der Waals surface area contributed by atoms with Crippen molar-refractivity contribution in [2.45, 2.75) is 51.3 Å². The van der Waals surface area contributed by atoms with E-state index in [1.165, 1.54) is 56.4 Å². The number of nitrogens with one attached hydrogen (secondary N) is 2. The highest BCUT2D eigenvalue weighted by atomic mass is 19.3. The van der Waals surface area contributed by atoms with Gasteiger partial charge in [0.1, 0.15) is 5.75 Å². The van der Waals surface area contributed by atoms with Crippen molar-refractivity contribution in [3.05, 3.63) is 54.1 Å². The van der Waals surface area contributed by atoms with E-state index in [2.05, 4.69) is 33.4 Å². The van der Waals surface area contributed by atoms with Crippen molar-refractivity contribution >= 4 is 17.3 Å². The van der Waals surface area contributed by atoms with Gasteiger partial charge in [-0.05, 0) is 55.8 Å². The van der Waals surface area contributed by atoms with E-state index in [1.807, 2.05) is 18.2 Å². The number of halogens is 2. The number of alkyl halides is 2. The van der Waals surface area contributed by atoms with Gasteiger partial charge in [-0.15, -0.1) is 0 Å². The number of hydrogen-bond donors (Lipinski definition) is 2. The van der Waals surface area contributed by atoms with Crippen LogP contribution in [-0.4, -0.2) is 37.1 Å². The van der Waals surface area contributed by atoms with Gasteiger partial charge in [-0.25, -0.2) is 0 Å². The molecule has 1 saturated carbocycles. The van der Waals surface area contributed by atoms with Crippen molar-refractivity contribution in [1.82, 2.24) is 4.90 Å². The van der Waals surface area contributed by atoms with Crippen LogP contribution in [0.5, 0.6) is 5.75 Å². The van der Waals surface area contributed by atoms with Crippen LogP contribution in [0.3, 0.4) is 0 Å². The average molecular weight is 418 g/mol. The Bertz CT molecular complexity index is 808. The van der Waals surface area contributed by atoms with Crippen LogP contribution < -0.4 is 15.4 Å². The second-order valence-electron chi connectivity index (χ2n) is 7.67. The molecular weight excluding hydrogens is 388 g/mol. The van der Waals surface area contributed by atoms with E-state index < -0.39 is 6.61 Å². The Morgan fingerprint density at radius 1 is 1.10 bits per heavy atom. The summed E-state index contributed by atoms with van der Waals surface area (Å²) >= 11 is 0. The summed E-state index contributed by atoms with van der Waals surface area (Å²) in [5.41, 5.74) is 2.62. The number of ether oxygens (including phenoxy) is 1. The van der Waals surface area contributed by atoms with Crippen molar-refractivity contribution in [2.75, 3.05) is 24.2 Å². The Morgan fingerprint density at radius 2 is 1.80 bits per heavy atom. The van der Waals surface area contributed by atoms with E-state index in [0.717, 1.165) is 17.8 Å². The molecule has 30 heavy (non-hydrogen) atoms. The first-order valence-corrected chi connectivity index (χ1v) is 10.4. The van der Waals surface area contributed by atoms with E-state index in [0.29, 0.717) is 11.7 Å². The maximum absolute atomic E-state index is 12.3. The highest BCUT2D eigenvalue weighted by Gasteiger charge is 2.18. The predicted octanol–water partition coefficient (Wildman–Crippen LogP) is 5.10. The molecule has 1 aliphatic carbocycles. The third-order valence-electron chi connectivity index (χ3n) is 5.44.